The lowest BCUT2D eigenvalue weighted by Gasteiger charge is -2.08. The van der Waals surface area contributed by atoms with Gasteiger partial charge in [-0.3, -0.25) is 4.79 Å². The second-order valence-corrected chi connectivity index (χ2v) is 5.19. The number of hydrogen-bond donors (Lipinski definition) is 2. The van der Waals surface area contributed by atoms with Crippen molar-refractivity contribution in [2.24, 2.45) is 0 Å². The van der Waals surface area contributed by atoms with E-state index < -0.39 is 0 Å². The maximum Gasteiger partial charge on any atom is 0.224 e. The molecule has 21 heavy (non-hydrogen) atoms. The van der Waals surface area contributed by atoms with Crippen LogP contribution in [0, 0.1) is 13.8 Å². The van der Waals surface area contributed by atoms with E-state index in [4.69, 9.17) is 4.74 Å². The van der Waals surface area contributed by atoms with Gasteiger partial charge in [0, 0.05) is 23.5 Å². The molecule has 0 aliphatic carbocycles. The van der Waals surface area contributed by atoms with E-state index in [-0.39, 0.29) is 5.91 Å². The fourth-order valence-corrected chi connectivity index (χ4v) is 2.46. The summed E-state index contributed by atoms with van der Waals surface area (Å²) in [5, 5.41) is 2.96. The quantitative estimate of drug-likeness (QED) is 0.857. The summed E-state index contributed by atoms with van der Waals surface area (Å²) in [4.78, 5) is 15.3. The molecule has 0 spiro atoms. The van der Waals surface area contributed by atoms with Gasteiger partial charge in [0.15, 0.2) is 0 Å². The number of rotatable bonds is 6. The highest BCUT2D eigenvalue weighted by Gasteiger charge is 2.08. The van der Waals surface area contributed by atoms with Gasteiger partial charge in [0.25, 0.3) is 0 Å². The molecule has 0 aliphatic rings. The number of amides is 1. The van der Waals surface area contributed by atoms with Gasteiger partial charge in [-0.05, 0) is 38.0 Å². The molecule has 4 nitrogen and oxygen atoms in total. The van der Waals surface area contributed by atoms with Crippen molar-refractivity contribution in [2.45, 2.75) is 26.7 Å². The minimum Gasteiger partial charge on any atom is -0.496 e. The Bertz CT molecular complexity index is 617. The average molecular weight is 286 g/mol. The van der Waals surface area contributed by atoms with Crippen LogP contribution in [0.2, 0.25) is 0 Å². The zero-order valence-corrected chi connectivity index (χ0v) is 12.8. The third kappa shape index (κ3) is 4.12. The van der Waals surface area contributed by atoms with Gasteiger partial charge in [-0.15, -0.1) is 0 Å². The molecule has 2 rings (SSSR count). The van der Waals surface area contributed by atoms with Crippen LogP contribution in [-0.4, -0.2) is 24.5 Å². The van der Waals surface area contributed by atoms with E-state index in [0.29, 0.717) is 13.0 Å². The molecule has 0 aliphatic heterocycles. The minimum absolute atomic E-state index is 0.0180. The van der Waals surface area contributed by atoms with Crippen molar-refractivity contribution in [1.82, 2.24) is 10.3 Å². The number of hydrogen-bond acceptors (Lipinski definition) is 2. The van der Waals surface area contributed by atoms with Crippen molar-refractivity contribution >= 4 is 5.91 Å². The molecule has 0 unspecified atom stereocenters. The predicted molar refractivity (Wildman–Crippen MR) is 83.7 cm³/mol. The molecular formula is C17H22N2O2. The monoisotopic (exact) mass is 286 g/mol. The summed E-state index contributed by atoms with van der Waals surface area (Å²) in [7, 11) is 1.62. The molecule has 0 radical (unpaired) electrons. The Morgan fingerprint density at radius 3 is 2.67 bits per heavy atom. The largest absolute Gasteiger partial charge is 0.496 e. The highest BCUT2D eigenvalue weighted by Crippen LogP contribution is 2.17. The number of carbonyl (C=O) groups excluding carboxylic acids is 1. The summed E-state index contributed by atoms with van der Waals surface area (Å²) in [6.45, 7) is 4.74. The summed E-state index contributed by atoms with van der Waals surface area (Å²) in [6.07, 6.45) is 1.18. The molecule has 2 N–H and O–H groups in total. The number of carbonyl (C=O) groups is 1. The van der Waals surface area contributed by atoms with Crippen LogP contribution >= 0.6 is 0 Å². The van der Waals surface area contributed by atoms with E-state index >= 15 is 0 Å². The number of ether oxygens (including phenoxy) is 1. The first-order valence-electron chi connectivity index (χ1n) is 7.14. The second-order valence-electron chi connectivity index (χ2n) is 5.19. The van der Waals surface area contributed by atoms with Gasteiger partial charge in [0.05, 0.1) is 13.5 Å². The zero-order chi connectivity index (χ0) is 15.2. The summed E-state index contributed by atoms with van der Waals surface area (Å²) < 4.78 is 5.25. The number of methoxy groups -OCH3 is 1. The van der Waals surface area contributed by atoms with Crippen LogP contribution in [0.4, 0.5) is 0 Å². The Kier molecular flexibility index (Phi) is 5.04. The van der Waals surface area contributed by atoms with Crippen molar-refractivity contribution in [1.29, 1.82) is 0 Å². The number of aromatic nitrogens is 1. The van der Waals surface area contributed by atoms with E-state index in [1.807, 2.05) is 31.2 Å². The van der Waals surface area contributed by atoms with Crippen molar-refractivity contribution in [2.75, 3.05) is 13.7 Å². The van der Waals surface area contributed by atoms with E-state index in [1.54, 1.807) is 7.11 Å². The average Bonchev–Trinajstić information content (AvgIpc) is 2.77. The third-order valence-electron chi connectivity index (χ3n) is 3.52. The molecule has 2 aromatic rings. The van der Waals surface area contributed by atoms with E-state index in [0.717, 1.165) is 23.4 Å². The minimum atomic E-state index is 0.0180. The normalized spacial score (nSPS) is 10.4. The molecule has 1 aromatic heterocycles. The first-order valence-corrected chi connectivity index (χ1v) is 7.14. The SMILES string of the molecule is COc1ccccc1CC(=O)NCCc1cc(C)[nH]c1C. The molecule has 1 aromatic carbocycles. The number of benzene rings is 1. The standard InChI is InChI=1S/C17H22N2O2/c1-12-10-14(13(2)19-12)8-9-18-17(20)11-15-6-4-5-7-16(15)21-3/h4-7,10,19H,8-9,11H2,1-3H3,(H,18,20). The summed E-state index contributed by atoms with van der Waals surface area (Å²) in [5.74, 6) is 0.772. The van der Waals surface area contributed by atoms with Gasteiger partial charge in [0.2, 0.25) is 5.91 Å². The summed E-state index contributed by atoms with van der Waals surface area (Å²) >= 11 is 0. The van der Waals surface area contributed by atoms with Crippen LogP contribution in [0.1, 0.15) is 22.5 Å². The van der Waals surface area contributed by atoms with Gasteiger partial charge in [-0.25, -0.2) is 0 Å². The molecule has 4 heteroatoms. The Labute approximate surface area is 125 Å². The fraction of sp³-hybridized carbons (Fsp3) is 0.353. The molecule has 0 fully saturated rings. The van der Waals surface area contributed by atoms with Crippen LogP contribution in [0.15, 0.2) is 30.3 Å². The Morgan fingerprint density at radius 1 is 1.24 bits per heavy atom. The molecule has 0 saturated carbocycles. The third-order valence-corrected chi connectivity index (χ3v) is 3.52. The van der Waals surface area contributed by atoms with Crippen molar-refractivity contribution in [3.63, 3.8) is 0 Å². The van der Waals surface area contributed by atoms with Gasteiger partial charge in [-0.1, -0.05) is 18.2 Å². The number of H-pyrrole nitrogens is 1. The summed E-state index contributed by atoms with van der Waals surface area (Å²) in [6, 6.07) is 9.72. The van der Waals surface area contributed by atoms with Crippen LogP contribution in [0.5, 0.6) is 5.75 Å². The van der Waals surface area contributed by atoms with E-state index in [1.165, 1.54) is 11.3 Å². The molecule has 0 atom stereocenters. The fourth-order valence-electron chi connectivity index (χ4n) is 2.46. The highest BCUT2D eigenvalue weighted by atomic mass is 16.5. The molecular weight excluding hydrogens is 264 g/mol. The topological polar surface area (TPSA) is 54.1 Å². The van der Waals surface area contributed by atoms with Gasteiger partial charge >= 0.3 is 0 Å². The van der Waals surface area contributed by atoms with Crippen LogP contribution < -0.4 is 10.1 Å². The Hall–Kier alpha value is -2.23. The van der Waals surface area contributed by atoms with Crippen LogP contribution in [-0.2, 0) is 17.6 Å². The highest BCUT2D eigenvalue weighted by molar-refractivity contribution is 5.79. The van der Waals surface area contributed by atoms with Crippen LogP contribution in [0.3, 0.4) is 0 Å². The van der Waals surface area contributed by atoms with Crippen molar-refractivity contribution in [3.05, 3.63) is 52.8 Å². The molecule has 1 amide bonds. The number of para-hydroxylation sites is 1. The van der Waals surface area contributed by atoms with Gasteiger partial charge in [0.1, 0.15) is 5.75 Å². The van der Waals surface area contributed by atoms with Gasteiger partial charge < -0.3 is 15.0 Å². The molecule has 0 bridgehead atoms. The number of nitrogens with one attached hydrogen (secondary N) is 2. The Morgan fingerprint density at radius 2 is 2.00 bits per heavy atom. The lowest BCUT2D eigenvalue weighted by atomic mass is 10.1. The predicted octanol–water partition coefficient (Wildman–Crippen LogP) is 2.54. The first kappa shape index (κ1) is 15.2. The maximum atomic E-state index is 12.0. The molecule has 0 saturated heterocycles. The number of aromatic amines is 1. The van der Waals surface area contributed by atoms with Crippen molar-refractivity contribution in [3.8, 4) is 5.75 Å². The zero-order valence-electron chi connectivity index (χ0n) is 12.8. The smallest absolute Gasteiger partial charge is 0.224 e. The molecule has 1 heterocycles. The summed E-state index contributed by atoms with van der Waals surface area (Å²) in [5.41, 5.74) is 4.49. The van der Waals surface area contributed by atoms with Crippen LogP contribution in [0.25, 0.3) is 0 Å². The van der Waals surface area contributed by atoms with E-state index in [2.05, 4.69) is 23.3 Å². The second kappa shape index (κ2) is 6.97. The van der Waals surface area contributed by atoms with E-state index in [9.17, 15) is 4.79 Å². The van der Waals surface area contributed by atoms with Gasteiger partial charge in [-0.2, -0.15) is 0 Å². The lowest BCUT2D eigenvalue weighted by Crippen LogP contribution is -2.27. The van der Waals surface area contributed by atoms with Crippen molar-refractivity contribution < 1.29 is 9.53 Å². The lowest BCUT2D eigenvalue weighted by molar-refractivity contribution is -0.120. The Balaban J connectivity index is 1.84. The first-order chi connectivity index (χ1) is 10.1. The number of aryl methyl sites for hydroxylation is 2. The maximum absolute atomic E-state index is 12.0. The molecule has 112 valence electrons.